The van der Waals surface area contributed by atoms with Gasteiger partial charge in [0.05, 0.1) is 10.6 Å². The maximum Gasteiger partial charge on any atom is 0.101 e. The molecule has 1 N–H and O–H groups in total. The lowest BCUT2D eigenvalue weighted by atomic mass is 10.1. The first-order valence-corrected chi connectivity index (χ1v) is 7.24. The van der Waals surface area contributed by atoms with E-state index < -0.39 is 0 Å². The van der Waals surface area contributed by atoms with E-state index in [0.717, 1.165) is 12.2 Å². The molecule has 2 aromatic heterocycles. The van der Waals surface area contributed by atoms with Crippen LogP contribution in [0.3, 0.4) is 0 Å². The third-order valence-corrected chi connectivity index (χ3v) is 5.08. The summed E-state index contributed by atoms with van der Waals surface area (Å²) in [7, 11) is 2.02. The molecule has 0 aromatic carbocycles. The second kappa shape index (κ2) is 3.95. The van der Waals surface area contributed by atoms with Gasteiger partial charge in [0.15, 0.2) is 0 Å². The van der Waals surface area contributed by atoms with Gasteiger partial charge in [-0.3, -0.25) is 0 Å². The molecule has 2 nitrogen and oxygen atoms in total. The van der Waals surface area contributed by atoms with E-state index in [-0.39, 0.29) is 0 Å². The highest BCUT2D eigenvalue weighted by Crippen LogP contribution is 2.49. The number of nitrogens with one attached hydrogen (secondary N) is 1. The maximum absolute atomic E-state index is 4.79. The van der Waals surface area contributed by atoms with Crippen molar-refractivity contribution in [3.05, 3.63) is 27.9 Å². The van der Waals surface area contributed by atoms with Crippen LogP contribution in [-0.4, -0.2) is 18.6 Å². The zero-order valence-electron chi connectivity index (χ0n) is 9.19. The number of hydrogen-bond donors (Lipinski definition) is 1. The molecule has 0 saturated heterocycles. The predicted octanol–water partition coefficient (Wildman–Crippen LogP) is 3.12. The SMILES string of the molecule is CNCC1(c2nc(-c3cccs3)cs2)CC1. The Kier molecular flexibility index (Phi) is 2.58. The van der Waals surface area contributed by atoms with Crippen LogP contribution >= 0.6 is 22.7 Å². The summed E-state index contributed by atoms with van der Waals surface area (Å²) in [5.74, 6) is 0. The van der Waals surface area contributed by atoms with Crippen molar-refractivity contribution in [2.45, 2.75) is 18.3 Å². The second-order valence-electron chi connectivity index (χ2n) is 4.33. The zero-order chi connectivity index (χ0) is 11.0. The second-order valence-corrected chi connectivity index (χ2v) is 6.13. The predicted molar refractivity (Wildman–Crippen MR) is 70.3 cm³/mol. The minimum absolute atomic E-state index is 0.356. The Hall–Kier alpha value is -0.710. The molecule has 0 amide bonds. The fourth-order valence-corrected chi connectivity index (χ4v) is 3.85. The topological polar surface area (TPSA) is 24.9 Å². The first-order chi connectivity index (χ1) is 7.84. The van der Waals surface area contributed by atoms with E-state index in [1.165, 1.54) is 22.7 Å². The average Bonchev–Trinajstić information content (AvgIpc) is 2.76. The van der Waals surface area contributed by atoms with E-state index >= 15 is 0 Å². The zero-order valence-corrected chi connectivity index (χ0v) is 10.8. The van der Waals surface area contributed by atoms with Crippen LogP contribution in [0.2, 0.25) is 0 Å². The van der Waals surface area contributed by atoms with Gasteiger partial charge in [-0.25, -0.2) is 4.98 Å². The van der Waals surface area contributed by atoms with Gasteiger partial charge < -0.3 is 5.32 Å². The lowest BCUT2D eigenvalue weighted by Crippen LogP contribution is -2.23. The van der Waals surface area contributed by atoms with Gasteiger partial charge in [-0.1, -0.05) is 6.07 Å². The Morgan fingerprint density at radius 3 is 2.94 bits per heavy atom. The van der Waals surface area contributed by atoms with Gasteiger partial charge in [-0.05, 0) is 31.3 Å². The number of nitrogens with zero attached hydrogens (tertiary/aromatic N) is 1. The molecule has 4 heteroatoms. The normalized spacial score (nSPS) is 17.6. The van der Waals surface area contributed by atoms with E-state index in [1.54, 1.807) is 11.3 Å². The molecule has 0 bridgehead atoms. The van der Waals surface area contributed by atoms with Gasteiger partial charge in [-0.2, -0.15) is 0 Å². The minimum Gasteiger partial charge on any atom is -0.319 e. The van der Waals surface area contributed by atoms with Crippen LogP contribution in [0, 0.1) is 0 Å². The van der Waals surface area contributed by atoms with Crippen molar-refractivity contribution in [1.82, 2.24) is 10.3 Å². The third kappa shape index (κ3) is 1.71. The minimum atomic E-state index is 0.356. The molecule has 2 heterocycles. The molecule has 1 aliphatic rings. The van der Waals surface area contributed by atoms with Crippen molar-refractivity contribution < 1.29 is 0 Å². The fraction of sp³-hybridized carbons (Fsp3) is 0.417. The summed E-state index contributed by atoms with van der Waals surface area (Å²) < 4.78 is 0. The number of aromatic nitrogens is 1. The van der Waals surface area contributed by atoms with Crippen LogP contribution < -0.4 is 5.32 Å². The smallest absolute Gasteiger partial charge is 0.101 e. The summed E-state index contributed by atoms with van der Waals surface area (Å²) in [5, 5.41) is 8.89. The van der Waals surface area contributed by atoms with Gasteiger partial charge in [0.2, 0.25) is 0 Å². The largest absolute Gasteiger partial charge is 0.319 e. The molecule has 0 radical (unpaired) electrons. The van der Waals surface area contributed by atoms with E-state index in [1.807, 2.05) is 18.4 Å². The molecule has 0 aliphatic heterocycles. The van der Waals surface area contributed by atoms with Crippen molar-refractivity contribution in [2.75, 3.05) is 13.6 Å². The summed E-state index contributed by atoms with van der Waals surface area (Å²) in [6.07, 6.45) is 2.57. The Labute approximate surface area is 103 Å². The molecule has 1 fully saturated rings. The highest BCUT2D eigenvalue weighted by Gasteiger charge is 2.46. The van der Waals surface area contributed by atoms with Crippen LogP contribution in [0.1, 0.15) is 17.8 Å². The third-order valence-electron chi connectivity index (χ3n) is 3.10. The molecular weight excluding hydrogens is 236 g/mol. The molecular formula is C12H14N2S2. The molecule has 16 heavy (non-hydrogen) atoms. The molecule has 0 unspecified atom stereocenters. The van der Waals surface area contributed by atoms with Crippen molar-refractivity contribution in [3.8, 4) is 10.6 Å². The average molecular weight is 250 g/mol. The van der Waals surface area contributed by atoms with Crippen LogP contribution in [0.15, 0.2) is 22.9 Å². The van der Waals surface area contributed by atoms with Crippen molar-refractivity contribution in [2.24, 2.45) is 0 Å². The number of likely N-dealkylation sites (N-methyl/N-ethyl adjacent to an activating group) is 1. The fourth-order valence-electron chi connectivity index (χ4n) is 2.01. The van der Waals surface area contributed by atoms with Crippen LogP contribution in [0.4, 0.5) is 0 Å². The maximum atomic E-state index is 4.79. The van der Waals surface area contributed by atoms with Gasteiger partial charge in [-0.15, -0.1) is 22.7 Å². The van der Waals surface area contributed by atoms with Gasteiger partial charge >= 0.3 is 0 Å². The van der Waals surface area contributed by atoms with E-state index in [9.17, 15) is 0 Å². The number of thiazole rings is 1. The summed E-state index contributed by atoms with van der Waals surface area (Å²) in [6.45, 7) is 1.06. The first-order valence-electron chi connectivity index (χ1n) is 5.49. The Morgan fingerprint density at radius 2 is 2.31 bits per heavy atom. The summed E-state index contributed by atoms with van der Waals surface area (Å²) in [5.41, 5.74) is 1.51. The van der Waals surface area contributed by atoms with Crippen molar-refractivity contribution in [3.63, 3.8) is 0 Å². The molecule has 0 atom stereocenters. The number of rotatable bonds is 4. The first kappa shape index (κ1) is 10.4. The molecule has 0 spiro atoms. The van der Waals surface area contributed by atoms with Crippen LogP contribution in [0.25, 0.3) is 10.6 Å². The van der Waals surface area contributed by atoms with E-state index in [2.05, 4.69) is 28.2 Å². The summed E-state index contributed by atoms with van der Waals surface area (Å²) >= 11 is 3.58. The lowest BCUT2D eigenvalue weighted by Gasteiger charge is -2.09. The Bertz CT molecular complexity index is 469. The van der Waals surface area contributed by atoms with Gasteiger partial charge in [0.1, 0.15) is 5.01 Å². The Morgan fingerprint density at radius 1 is 1.44 bits per heavy atom. The number of hydrogen-bond acceptors (Lipinski definition) is 4. The van der Waals surface area contributed by atoms with Crippen LogP contribution in [-0.2, 0) is 5.41 Å². The lowest BCUT2D eigenvalue weighted by molar-refractivity contribution is 0.621. The highest BCUT2D eigenvalue weighted by molar-refractivity contribution is 7.14. The molecule has 1 aliphatic carbocycles. The van der Waals surface area contributed by atoms with E-state index in [4.69, 9.17) is 4.98 Å². The van der Waals surface area contributed by atoms with Crippen molar-refractivity contribution in [1.29, 1.82) is 0 Å². The van der Waals surface area contributed by atoms with E-state index in [0.29, 0.717) is 5.41 Å². The molecule has 2 aromatic rings. The Balaban J connectivity index is 1.88. The van der Waals surface area contributed by atoms with Gasteiger partial charge in [0, 0.05) is 17.3 Å². The monoisotopic (exact) mass is 250 g/mol. The summed E-state index contributed by atoms with van der Waals surface area (Å²) in [6, 6.07) is 4.22. The molecule has 84 valence electrons. The standard InChI is InChI=1S/C12H14N2S2/c1-13-8-12(4-5-12)11-14-9(7-16-11)10-3-2-6-15-10/h2-3,6-7,13H,4-5,8H2,1H3. The summed E-state index contributed by atoms with van der Waals surface area (Å²) in [4.78, 5) is 6.07. The quantitative estimate of drug-likeness (QED) is 0.902. The number of thiophene rings is 1. The van der Waals surface area contributed by atoms with Crippen LogP contribution in [0.5, 0.6) is 0 Å². The van der Waals surface area contributed by atoms with Gasteiger partial charge in [0.25, 0.3) is 0 Å². The highest BCUT2D eigenvalue weighted by atomic mass is 32.1. The molecule has 1 saturated carbocycles. The molecule has 3 rings (SSSR count). The van der Waals surface area contributed by atoms with Crippen molar-refractivity contribution >= 4 is 22.7 Å².